The van der Waals surface area contributed by atoms with Crippen LogP contribution in [0, 0.1) is 0 Å². The van der Waals surface area contributed by atoms with Gasteiger partial charge in [-0.3, -0.25) is 5.43 Å². The van der Waals surface area contributed by atoms with E-state index in [2.05, 4.69) is 40.9 Å². The van der Waals surface area contributed by atoms with Crippen molar-refractivity contribution in [3.63, 3.8) is 0 Å². The zero-order valence-electron chi connectivity index (χ0n) is 15.8. The number of hydrogen-bond acceptors (Lipinski definition) is 7. The van der Waals surface area contributed by atoms with Gasteiger partial charge in [0.05, 0.1) is 10.0 Å². The molecule has 2 aliphatic rings. The average molecular weight is 437 g/mol. The maximum absolute atomic E-state index is 12.2. The summed E-state index contributed by atoms with van der Waals surface area (Å²) in [6, 6.07) is 4.37. The molecule has 29 heavy (non-hydrogen) atoms. The van der Waals surface area contributed by atoms with Gasteiger partial charge in [0, 0.05) is 31.9 Å². The minimum absolute atomic E-state index is 0.299. The van der Waals surface area contributed by atoms with E-state index in [1.54, 1.807) is 18.2 Å². The number of halogens is 2. The van der Waals surface area contributed by atoms with Gasteiger partial charge in [-0.1, -0.05) is 23.2 Å². The number of nitrogens with one attached hydrogen (secondary N) is 3. The summed E-state index contributed by atoms with van der Waals surface area (Å²) in [4.78, 5) is 30.1. The fourth-order valence-electron chi connectivity index (χ4n) is 3.38. The van der Waals surface area contributed by atoms with Crippen molar-refractivity contribution in [2.24, 2.45) is 0 Å². The van der Waals surface area contributed by atoms with E-state index in [1.165, 1.54) is 0 Å². The number of aromatic nitrogens is 3. The maximum Gasteiger partial charge on any atom is 0.337 e. The predicted molar refractivity (Wildman–Crippen MR) is 115 cm³/mol. The van der Waals surface area contributed by atoms with Gasteiger partial charge in [0.25, 0.3) is 0 Å². The van der Waals surface area contributed by atoms with Crippen LogP contribution in [0.4, 0.5) is 28.3 Å². The largest absolute Gasteiger partial charge is 0.341 e. The fraction of sp³-hybridized carbons (Fsp3) is 0.444. The Hall–Kier alpha value is -2.52. The maximum atomic E-state index is 12.2. The quantitative estimate of drug-likeness (QED) is 0.616. The first-order valence-electron chi connectivity index (χ1n) is 9.62. The molecule has 2 aromatic rings. The number of amides is 2. The Labute approximate surface area is 178 Å². The second-order valence-corrected chi connectivity index (χ2v) is 7.79. The van der Waals surface area contributed by atoms with Crippen LogP contribution in [0.2, 0.25) is 10.0 Å². The molecule has 1 aromatic heterocycles. The first-order chi connectivity index (χ1) is 14.1. The number of rotatable bonds is 5. The van der Waals surface area contributed by atoms with Crippen molar-refractivity contribution in [1.29, 1.82) is 0 Å². The Morgan fingerprint density at radius 1 is 0.862 bits per heavy atom. The Balaban J connectivity index is 1.45. The lowest BCUT2D eigenvalue weighted by atomic mass is 10.3. The molecule has 0 atom stereocenters. The first kappa shape index (κ1) is 19.8. The highest BCUT2D eigenvalue weighted by atomic mass is 35.5. The summed E-state index contributed by atoms with van der Waals surface area (Å²) in [5.41, 5.74) is 5.85. The highest BCUT2D eigenvalue weighted by molar-refractivity contribution is 6.42. The molecule has 0 spiro atoms. The van der Waals surface area contributed by atoms with Crippen molar-refractivity contribution in [2.45, 2.75) is 25.7 Å². The molecule has 9 nitrogen and oxygen atoms in total. The third kappa shape index (κ3) is 4.91. The van der Waals surface area contributed by atoms with E-state index in [0.717, 1.165) is 51.9 Å². The summed E-state index contributed by atoms with van der Waals surface area (Å²) in [6.45, 7) is 3.70. The third-order valence-electron chi connectivity index (χ3n) is 4.85. The Morgan fingerprint density at radius 3 is 2.00 bits per heavy atom. The van der Waals surface area contributed by atoms with E-state index in [9.17, 15) is 4.79 Å². The van der Waals surface area contributed by atoms with E-state index in [4.69, 9.17) is 23.2 Å². The minimum Gasteiger partial charge on any atom is -0.341 e. The average Bonchev–Trinajstić information content (AvgIpc) is 3.43. The molecule has 0 saturated carbocycles. The minimum atomic E-state index is -0.478. The van der Waals surface area contributed by atoms with Crippen molar-refractivity contribution >= 4 is 52.8 Å². The third-order valence-corrected chi connectivity index (χ3v) is 5.59. The SMILES string of the molecule is O=C(NNc1nc(N2CCCC2)nc(N2CCCC2)n1)Nc1ccc(Cl)c(Cl)c1. The number of urea groups is 1. The molecule has 1 aromatic carbocycles. The number of benzene rings is 1. The van der Waals surface area contributed by atoms with Crippen LogP contribution < -0.4 is 26.0 Å². The van der Waals surface area contributed by atoms with Crippen molar-refractivity contribution in [3.8, 4) is 0 Å². The van der Waals surface area contributed by atoms with Crippen LogP contribution in [0.25, 0.3) is 0 Å². The number of carbonyl (C=O) groups is 1. The first-order valence-corrected chi connectivity index (χ1v) is 10.4. The summed E-state index contributed by atoms with van der Waals surface area (Å²) >= 11 is 11.9. The lowest BCUT2D eigenvalue weighted by Crippen LogP contribution is -2.35. The van der Waals surface area contributed by atoms with Gasteiger partial charge in [0.1, 0.15) is 0 Å². The second kappa shape index (κ2) is 8.87. The Morgan fingerprint density at radius 2 is 1.45 bits per heavy atom. The van der Waals surface area contributed by atoms with Crippen LogP contribution >= 0.6 is 23.2 Å². The molecule has 0 radical (unpaired) electrons. The molecular weight excluding hydrogens is 415 g/mol. The van der Waals surface area contributed by atoms with E-state index in [1.807, 2.05) is 0 Å². The number of hydrogen-bond donors (Lipinski definition) is 3. The molecule has 2 aliphatic heterocycles. The second-order valence-electron chi connectivity index (χ2n) is 6.98. The number of hydrazine groups is 1. The van der Waals surface area contributed by atoms with Gasteiger partial charge >= 0.3 is 6.03 Å². The Kier molecular flexibility index (Phi) is 6.05. The molecule has 3 heterocycles. The lowest BCUT2D eigenvalue weighted by Gasteiger charge is -2.20. The smallest absolute Gasteiger partial charge is 0.337 e. The molecule has 4 rings (SSSR count). The van der Waals surface area contributed by atoms with Gasteiger partial charge in [-0.15, -0.1) is 0 Å². The van der Waals surface area contributed by atoms with Gasteiger partial charge in [-0.05, 0) is 43.9 Å². The van der Waals surface area contributed by atoms with Crippen molar-refractivity contribution < 1.29 is 4.79 Å². The molecule has 2 saturated heterocycles. The zero-order valence-corrected chi connectivity index (χ0v) is 17.3. The monoisotopic (exact) mass is 436 g/mol. The standard InChI is InChI=1S/C18H22Cl2N8O/c19-13-6-5-12(11-14(13)20)21-18(29)26-25-15-22-16(27-7-1-2-8-27)24-17(23-15)28-9-3-4-10-28/h5-6,11H,1-4,7-10H2,(H2,21,26,29)(H,22,23,24,25). The van der Waals surface area contributed by atoms with E-state index >= 15 is 0 Å². The van der Waals surface area contributed by atoms with E-state index in [0.29, 0.717) is 33.6 Å². The van der Waals surface area contributed by atoms with Gasteiger partial charge in [-0.25, -0.2) is 10.2 Å². The summed E-state index contributed by atoms with van der Waals surface area (Å²) in [5.74, 6) is 1.57. The lowest BCUT2D eigenvalue weighted by molar-refractivity contribution is 0.253. The highest BCUT2D eigenvalue weighted by Crippen LogP contribution is 2.25. The Bertz CT molecular complexity index is 850. The fourth-order valence-corrected chi connectivity index (χ4v) is 3.67. The molecule has 2 amide bonds. The topological polar surface area (TPSA) is 98.3 Å². The molecular formula is C18H22Cl2N8O. The van der Waals surface area contributed by atoms with Crippen LogP contribution in [0.3, 0.4) is 0 Å². The summed E-state index contributed by atoms with van der Waals surface area (Å²) in [7, 11) is 0. The molecule has 0 bridgehead atoms. The van der Waals surface area contributed by atoms with Crippen LogP contribution in [0.1, 0.15) is 25.7 Å². The van der Waals surface area contributed by atoms with Crippen molar-refractivity contribution in [3.05, 3.63) is 28.2 Å². The molecule has 2 fully saturated rings. The summed E-state index contributed by atoms with van der Waals surface area (Å²) < 4.78 is 0. The van der Waals surface area contributed by atoms with Crippen LogP contribution in [-0.2, 0) is 0 Å². The summed E-state index contributed by atoms with van der Waals surface area (Å²) in [5, 5.41) is 3.45. The number of anilines is 4. The summed E-state index contributed by atoms with van der Waals surface area (Å²) in [6.07, 6.45) is 4.49. The van der Waals surface area contributed by atoms with Crippen molar-refractivity contribution in [1.82, 2.24) is 20.4 Å². The number of nitrogens with zero attached hydrogens (tertiary/aromatic N) is 5. The van der Waals surface area contributed by atoms with Gasteiger partial charge < -0.3 is 15.1 Å². The molecule has 0 unspecified atom stereocenters. The van der Waals surface area contributed by atoms with E-state index in [-0.39, 0.29) is 0 Å². The zero-order chi connectivity index (χ0) is 20.2. The molecule has 0 aliphatic carbocycles. The molecule has 3 N–H and O–H groups in total. The van der Waals surface area contributed by atoms with Gasteiger partial charge in [-0.2, -0.15) is 15.0 Å². The normalized spacial score (nSPS) is 16.2. The van der Waals surface area contributed by atoms with E-state index < -0.39 is 6.03 Å². The molecule has 154 valence electrons. The van der Waals surface area contributed by atoms with Gasteiger partial charge in [0.15, 0.2) is 0 Å². The van der Waals surface area contributed by atoms with Gasteiger partial charge in [0.2, 0.25) is 17.8 Å². The predicted octanol–water partition coefficient (Wildman–Crippen LogP) is 3.53. The van der Waals surface area contributed by atoms with Crippen LogP contribution in [0.15, 0.2) is 18.2 Å². The van der Waals surface area contributed by atoms with Crippen LogP contribution in [-0.4, -0.2) is 47.2 Å². The van der Waals surface area contributed by atoms with Crippen LogP contribution in [0.5, 0.6) is 0 Å². The molecule has 11 heteroatoms. The van der Waals surface area contributed by atoms with Crippen molar-refractivity contribution in [2.75, 3.05) is 46.7 Å². The highest BCUT2D eigenvalue weighted by Gasteiger charge is 2.21. The number of carbonyl (C=O) groups excluding carboxylic acids is 1.